The van der Waals surface area contributed by atoms with E-state index in [4.69, 9.17) is 0 Å². The molecule has 8 heteroatoms. The minimum absolute atomic E-state index is 0. The molecule has 0 saturated carbocycles. The molecule has 0 spiro atoms. The summed E-state index contributed by atoms with van der Waals surface area (Å²) in [6.45, 7) is 4.54. The zero-order valence-corrected chi connectivity index (χ0v) is 14.0. The van der Waals surface area contributed by atoms with Crippen LogP contribution in [-0.2, 0) is 0 Å². The summed E-state index contributed by atoms with van der Waals surface area (Å²) in [4.78, 5) is 22.7. The quantitative estimate of drug-likeness (QED) is 0.847. The van der Waals surface area contributed by atoms with E-state index >= 15 is 0 Å². The van der Waals surface area contributed by atoms with Crippen LogP contribution in [0.5, 0.6) is 0 Å². The van der Waals surface area contributed by atoms with Crippen LogP contribution >= 0.6 is 24.8 Å². The van der Waals surface area contributed by atoms with Gasteiger partial charge in [0, 0.05) is 31.9 Å². The first-order valence-electron chi connectivity index (χ1n) is 6.74. The third-order valence-electron chi connectivity index (χ3n) is 3.33. The number of hydrogen-bond acceptors (Lipinski definition) is 5. The molecule has 1 atom stereocenters. The zero-order chi connectivity index (χ0) is 13.7. The van der Waals surface area contributed by atoms with Gasteiger partial charge in [-0.2, -0.15) is 0 Å². The van der Waals surface area contributed by atoms with Crippen molar-refractivity contribution >= 4 is 36.7 Å². The van der Waals surface area contributed by atoms with Crippen LogP contribution in [-0.4, -0.2) is 48.6 Å². The van der Waals surface area contributed by atoms with Gasteiger partial charge in [0.15, 0.2) is 0 Å². The van der Waals surface area contributed by atoms with Crippen molar-refractivity contribution in [1.82, 2.24) is 20.6 Å². The molecule has 1 aliphatic rings. The molecule has 1 aromatic rings. The molecule has 0 bridgehead atoms. The van der Waals surface area contributed by atoms with E-state index in [1.807, 2.05) is 14.0 Å². The standard InChI is InChI=1S/C13H21N5O.2ClH/c1-10(14-2)9-16-12(19)11-5-6-15-13(17-11)18-7-3-4-8-18;;/h5-6,10,14H,3-4,7-9H2,1-2H3,(H,16,19);2*1H. The van der Waals surface area contributed by atoms with E-state index in [2.05, 4.69) is 25.5 Å². The molecule has 21 heavy (non-hydrogen) atoms. The average Bonchev–Trinajstić information content (AvgIpc) is 2.98. The summed E-state index contributed by atoms with van der Waals surface area (Å²) in [7, 11) is 1.87. The summed E-state index contributed by atoms with van der Waals surface area (Å²) >= 11 is 0. The van der Waals surface area contributed by atoms with Gasteiger partial charge in [-0.1, -0.05) is 0 Å². The second-order valence-corrected chi connectivity index (χ2v) is 4.84. The summed E-state index contributed by atoms with van der Waals surface area (Å²) in [6.07, 6.45) is 3.98. The van der Waals surface area contributed by atoms with E-state index in [-0.39, 0.29) is 36.8 Å². The van der Waals surface area contributed by atoms with Crippen molar-refractivity contribution in [3.05, 3.63) is 18.0 Å². The lowest BCUT2D eigenvalue weighted by Crippen LogP contribution is -2.37. The molecule has 0 aromatic carbocycles. The first-order valence-corrected chi connectivity index (χ1v) is 6.74. The topological polar surface area (TPSA) is 70.2 Å². The number of anilines is 1. The van der Waals surface area contributed by atoms with Gasteiger partial charge in [0.2, 0.25) is 5.95 Å². The molecule has 1 aliphatic heterocycles. The van der Waals surface area contributed by atoms with Gasteiger partial charge in [-0.15, -0.1) is 24.8 Å². The number of halogens is 2. The highest BCUT2D eigenvalue weighted by molar-refractivity contribution is 5.92. The van der Waals surface area contributed by atoms with Gasteiger partial charge in [0.25, 0.3) is 5.91 Å². The second-order valence-electron chi connectivity index (χ2n) is 4.84. The normalized spacial score (nSPS) is 14.9. The molecule has 1 fully saturated rings. The van der Waals surface area contributed by atoms with Crippen LogP contribution in [0.4, 0.5) is 5.95 Å². The molecule has 1 saturated heterocycles. The number of carbonyl (C=O) groups excluding carboxylic acids is 1. The predicted octanol–water partition coefficient (Wildman–Crippen LogP) is 1.26. The van der Waals surface area contributed by atoms with Gasteiger partial charge < -0.3 is 15.5 Å². The molecule has 2 rings (SSSR count). The van der Waals surface area contributed by atoms with Crippen LogP contribution in [0, 0.1) is 0 Å². The van der Waals surface area contributed by atoms with Crippen molar-refractivity contribution < 1.29 is 4.79 Å². The molecule has 2 heterocycles. The lowest BCUT2D eigenvalue weighted by atomic mass is 10.3. The second kappa shape index (κ2) is 9.76. The highest BCUT2D eigenvalue weighted by Gasteiger charge is 2.16. The number of carbonyl (C=O) groups is 1. The summed E-state index contributed by atoms with van der Waals surface area (Å²) in [6, 6.07) is 1.89. The van der Waals surface area contributed by atoms with Crippen LogP contribution in [0.25, 0.3) is 0 Å². The van der Waals surface area contributed by atoms with Crippen molar-refractivity contribution in [3.8, 4) is 0 Å². The number of hydrogen-bond donors (Lipinski definition) is 2. The Balaban J connectivity index is 0.00000200. The maximum absolute atomic E-state index is 12.0. The van der Waals surface area contributed by atoms with Crippen molar-refractivity contribution in [2.75, 3.05) is 31.6 Å². The first kappa shape index (κ1) is 19.9. The number of amides is 1. The Morgan fingerprint density at radius 2 is 2.05 bits per heavy atom. The Hall–Kier alpha value is -1.11. The monoisotopic (exact) mass is 335 g/mol. The van der Waals surface area contributed by atoms with Crippen LogP contribution in [0.15, 0.2) is 12.3 Å². The Morgan fingerprint density at radius 3 is 2.67 bits per heavy atom. The van der Waals surface area contributed by atoms with Crippen LogP contribution in [0.3, 0.4) is 0 Å². The highest BCUT2D eigenvalue weighted by atomic mass is 35.5. The third-order valence-corrected chi connectivity index (χ3v) is 3.33. The van der Waals surface area contributed by atoms with Crippen molar-refractivity contribution in [1.29, 1.82) is 0 Å². The predicted molar refractivity (Wildman–Crippen MR) is 88.8 cm³/mol. The minimum atomic E-state index is -0.148. The Kier molecular flexibility index (Phi) is 9.24. The fourth-order valence-corrected chi connectivity index (χ4v) is 1.98. The highest BCUT2D eigenvalue weighted by Crippen LogP contribution is 2.15. The van der Waals surface area contributed by atoms with Crippen molar-refractivity contribution in [2.24, 2.45) is 0 Å². The van der Waals surface area contributed by atoms with E-state index in [1.54, 1.807) is 12.3 Å². The SMILES string of the molecule is CNC(C)CNC(=O)c1ccnc(N2CCCC2)n1.Cl.Cl. The van der Waals surface area contributed by atoms with Crippen molar-refractivity contribution in [2.45, 2.75) is 25.8 Å². The number of nitrogens with one attached hydrogen (secondary N) is 2. The summed E-state index contributed by atoms with van der Waals surface area (Å²) in [5.41, 5.74) is 0.431. The minimum Gasteiger partial charge on any atom is -0.349 e. The van der Waals surface area contributed by atoms with E-state index < -0.39 is 0 Å². The van der Waals surface area contributed by atoms with E-state index in [1.165, 1.54) is 12.8 Å². The number of likely N-dealkylation sites (N-methyl/N-ethyl adjacent to an activating group) is 1. The van der Waals surface area contributed by atoms with Crippen molar-refractivity contribution in [3.63, 3.8) is 0 Å². The smallest absolute Gasteiger partial charge is 0.270 e. The van der Waals surface area contributed by atoms with Crippen LogP contribution in [0.1, 0.15) is 30.3 Å². The van der Waals surface area contributed by atoms with E-state index in [9.17, 15) is 4.79 Å². The maximum atomic E-state index is 12.0. The largest absolute Gasteiger partial charge is 0.349 e. The Morgan fingerprint density at radius 1 is 1.38 bits per heavy atom. The number of rotatable bonds is 5. The van der Waals surface area contributed by atoms with Gasteiger partial charge in [0.1, 0.15) is 5.69 Å². The number of nitrogens with zero attached hydrogens (tertiary/aromatic N) is 3. The summed E-state index contributed by atoms with van der Waals surface area (Å²) in [5, 5.41) is 5.93. The molecular weight excluding hydrogens is 313 g/mol. The summed E-state index contributed by atoms with van der Waals surface area (Å²) in [5.74, 6) is 0.511. The van der Waals surface area contributed by atoms with Gasteiger partial charge in [-0.05, 0) is 32.9 Å². The average molecular weight is 336 g/mol. The fourth-order valence-electron chi connectivity index (χ4n) is 1.98. The van der Waals surface area contributed by atoms with E-state index in [0.717, 1.165) is 13.1 Å². The van der Waals surface area contributed by atoms with Crippen LogP contribution < -0.4 is 15.5 Å². The molecule has 6 nitrogen and oxygen atoms in total. The van der Waals surface area contributed by atoms with Gasteiger partial charge >= 0.3 is 0 Å². The molecule has 1 unspecified atom stereocenters. The van der Waals surface area contributed by atoms with E-state index in [0.29, 0.717) is 18.2 Å². The fraction of sp³-hybridized carbons (Fsp3) is 0.615. The van der Waals surface area contributed by atoms with Gasteiger partial charge in [-0.3, -0.25) is 4.79 Å². The third kappa shape index (κ3) is 5.65. The van der Waals surface area contributed by atoms with Gasteiger partial charge in [-0.25, -0.2) is 9.97 Å². The Labute approximate surface area is 137 Å². The van der Waals surface area contributed by atoms with Crippen LogP contribution in [0.2, 0.25) is 0 Å². The zero-order valence-electron chi connectivity index (χ0n) is 12.3. The lowest BCUT2D eigenvalue weighted by Gasteiger charge is -2.15. The molecule has 0 aliphatic carbocycles. The summed E-state index contributed by atoms with van der Waals surface area (Å²) < 4.78 is 0. The molecular formula is C13H23Cl2N5O. The first-order chi connectivity index (χ1) is 9.20. The molecule has 120 valence electrons. The maximum Gasteiger partial charge on any atom is 0.270 e. The molecule has 1 amide bonds. The molecule has 1 aromatic heterocycles. The lowest BCUT2D eigenvalue weighted by molar-refractivity contribution is 0.0945. The molecule has 2 N–H and O–H groups in total. The number of aromatic nitrogens is 2. The van der Waals surface area contributed by atoms with Gasteiger partial charge in [0.05, 0.1) is 0 Å². The molecule has 0 radical (unpaired) electrons. The Bertz CT molecular complexity index is 440.